The highest BCUT2D eigenvalue weighted by molar-refractivity contribution is 7.12. The Labute approximate surface area is 180 Å². The number of nitriles is 1. The Balaban J connectivity index is 1.86. The number of hydrogen-bond acceptors (Lipinski definition) is 5. The van der Waals surface area contributed by atoms with E-state index in [1.54, 1.807) is 28.4 Å². The smallest absolute Gasteiger partial charge is 0.161 e. The van der Waals surface area contributed by atoms with Crippen LogP contribution in [0.5, 0.6) is 0 Å². The molecule has 1 atom stereocenters. The maximum absolute atomic E-state index is 13.5. The van der Waals surface area contributed by atoms with Crippen LogP contribution in [0.3, 0.4) is 0 Å². The number of halogens is 1. The Kier molecular flexibility index (Phi) is 5.74. The fourth-order valence-corrected chi connectivity index (χ4v) is 5.47. The van der Waals surface area contributed by atoms with Crippen molar-refractivity contribution < 1.29 is 9.18 Å². The summed E-state index contributed by atoms with van der Waals surface area (Å²) in [5.41, 5.74) is 9.07. The number of anilines is 1. The summed E-state index contributed by atoms with van der Waals surface area (Å²) in [7, 11) is 0. The fraction of sp³-hybridized carbons (Fsp3) is 0.333. The molecule has 0 spiro atoms. The Hall–Kier alpha value is -2.91. The van der Waals surface area contributed by atoms with Gasteiger partial charge in [0.2, 0.25) is 0 Å². The van der Waals surface area contributed by atoms with Gasteiger partial charge in [0.05, 0.1) is 17.6 Å². The molecule has 0 fully saturated rings. The number of Topliss-reactive ketones (excluding diaryl/α,β-unsaturated/α-hetero) is 1. The second-order valence-electron chi connectivity index (χ2n) is 7.70. The Morgan fingerprint density at radius 3 is 2.70 bits per heavy atom. The molecule has 6 heteroatoms. The van der Waals surface area contributed by atoms with Crippen molar-refractivity contribution in [3.63, 3.8) is 0 Å². The standard InChI is InChI=1S/C24H24FN3OS/c1-2-3-5-17-12-13-21(30-17)22-18(14-26)24(27)28(16-10-8-15(25)9-11-16)19-6-4-7-20(29)23(19)22/h8-13,22H,2-7,27H2,1H3. The van der Waals surface area contributed by atoms with Gasteiger partial charge in [0.1, 0.15) is 11.6 Å². The number of rotatable bonds is 5. The Bertz CT molecular complexity index is 1070. The van der Waals surface area contributed by atoms with E-state index < -0.39 is 5.92 Å². The summed E-state index contributed by atoms with van der Waals surface area (Å²) < 4.78 is 13.5. The molecule has 0 bridgehead atoms. The topological polar surface area (TPSA) is 70.1 Å². The van der Waals surface area contributed by atoms with Gasteiger partial charge < -0.3 is 5.73 Å². The predicted octanol–water partition coefficient (Wildman–Crippen LogP) is 5.53. The third-order valence-electron chi connectivity index (χ3n) is 5.74. The predicted molar refractivity (Wildman–Crippen MR) is 117 cm³/mol. The lowest BCUT2D eigenvalue weighted by atomic mass is 9.78. The molecule has 2 heterocycles. The molecule has 154 valence electrons. The van der Waals surface area contributed by atoms with E-state index in [-0.39, 0.29) is 11.6 Å². The summed E-state index contributed by atoms with van der Waals surface area (Å²) in [6.07, 6.45) is 5.13. The highest BCUT2D eigenvalue weighted by Gasteiger charge is 2.40. The molecule has 2 aliphatic rings. The molecule has 0 radical (unpaired) electrons. The van der Waals surface area contributed by atoms with Gasteiger partial charge in [-0.15, -0.1) is 11.3 Å². The van der Waals surface area contributed by atoms with Crippen molar-refractivity contribution in [1.82, 2.24) is 0 Å². The number of carbonyl (C=O) groups is 1. The van der Waals surface area contributed by atoms with Crippen LogP contribution in [0.4, 0.5) is 10.1 Å². The number of carbonyl (C=O) groups excluding carboxylic acids is 1. The molecule has 1 aromatic heterocycles. The van der Waals surface area contributed by atoms with Crippen molar-refractivity contribution >= 4 is 22.8 Å². The molecule has 0 saturated heterocycles. The van der Waals surface area contributed by atoms with Gasteiger partial charge in [-0.3, -0.25) is 9.69 Å². The molecular weight excluding hydrogens is 397 g/mol. The molecule has 0 saturated carbocycles. The second kappa shape index (κ2) is 8.45. The van der Waals surface area contributed by atoms with Gasteiger partial charge >= 0.3 is 0 Å². The lowest BCUT2D eigenvalue weighted by Gasteiger charge is -2.39. The van der Waals surface area contributed by atoms with E-state index in [0.717, 1.165) is 36.3 Å². The monoisotopic (exact) mass is 421 g/mol. The fourth-order valence-electron chi connectivity index (χ4n) is 4.29. The average molecular weight is 422 g/mol. The Morgan fingerprint density at radius 1 is 1.23 bits per heavy atom. The van der Waals surface area contributed by atoms with Gasteiger partial charge in [-0.2, -0.15) is 5.26 Å². The second-order valence-corrected chi connectivity index (χ2v) is 8.90. The summed E-state index contributed by atoms with van der Waals surface area (Å²) in [4.78, 5) is 17.1. The summed E-state index contributed by atoms with van der Waals surface area (Å²) in [6, 6.07) is 12.4. The minimum atomic E-state index is -0.421. The molecule has 1 aliphatic heterocycles. The van der Waals surface area contributed by atoms with Crippen LogP contribution in [0.15, 0.2) is 59.1 Å². The van der Waals surface area contributed by atoms with Crippen molar-refractivity contribution in [1.29, 1.82) is 5.26 Å². The molecule has 0 amide bonds. The minimum Gasteiger partial charge on any atom is -0.384 e. The first-order valence-corrected chi connectivity index (χ1v) is 11.2. The van der Waals surface area contributed by atoms with E-state index in [1.807, 2.05) is 6.07 Å². The van der Waals surface area contributed by atoms with Crippen molar-refractivity contribution in [2.75, 3.05) is 4.90 Å². The number of hydrogen-bond donors (Lipinski definition) is 1. The van der Waals surface area contributed by atoms with Crippen molar-refractivity contribution in [3.8, 4) is 6.07 Å². The largest absolute Gasteiger partial charge is 0.384 e. The summed E-state index contributed by atoms with van der Waals surface area (Å²) in [6.45, 7) is 2.16. The molecule has 1 aliphatic carbocycles. The number of nitrogens with two attached hydrogens (primary N) is 1. The van der Waals surface area contributed by atoms with Crippen LogP contribution in [-0.2, 0) is 11.2 Å². The van der Waals surface area contributed by atoms with Crippen LogP contribution in [-0.4, -0.2) is 5.78 Å². The molecule has 30 heavy (non-hydrogen) atoms. The van der Waals surface area contributed by atoms with Gasteiger partial charge in [-0.05, 0) is 62.1 Å². The van der Waals surface area contributed by atoms with Gasteiger partial charge in [-0.25, -0.2) is 4.39 Å². The van der Waals surface area contributed by atoms with E-state index >= 15 is 0 Å². The zero-order valence-electron chi connectivity index (χ0n) is 17.0. The van der Waals surface area contributed by atoms with Crippen LogP contribution in [0, 0.1) is 17.1 Å². The van der Waals surface area contributed by atoms with Gasteiger partial charge in [0, 0.05) is 33.1 Å². The number of unbranched alkanes of at least 4 members (excludes halogenated alkanes) is 1. The highest BCUT2D eigenvalue weighted by atomic mass is 32.1. The summed E-state index contributed by atoms with van der Waals surface area (Å²) in [5.74, 6) is -0.373. The third-order valence-corrected chi connectivity index (χ3v) is 6.95. The minimum absolute atomic E-state index is 0.0668. The normalized spacial score (nSPS) is 19.2. The number of ketones is 1. The zero-order valence-corrected chi connectivity index (χ0v) is 17.8. The van der Waals surface area contributed by atoms with Crippen LogP contribution >= 0.6 is 11.3 Å². The molecule has 2 N–H and O–H groups in total. The van der Waals surface area contributed by atoms with E-state index in [0.29, 0.717) is 35.5 Å². The first kappa shape index (κ1) is 20.4. The van der Waals surface area contributed by atoms with E-state index in [2.05, 4.69) is 19.1 Å². The van der Waals surface area contributed by atoms with Crippen molar-refractivity contribution in [2.24, 2.45) is 5.73 Å². The number of allylic oxidation sites excluding steroid dienone is 3. The Morgan fingerprint density at radius 2 is 2.00 bits per heavy atom. The average Bonchev–Trinajstić information content (AvgIpc) is 3.21. The summed E-state index contributed by atoms with van der Waals surface area (Å²) in [5, 5.41) is 10.0. The van der Waals surface area contributed by atoms with Crippen molar-refractivity contribution in [2.45, 2.75) is 51.4 Å². The lowest BCUT2D eigenvalue weighted by molar-refractivity contribution is -0.116. The van der Waals surface area contributed by atoms with Crippen LogP contribution in [0.2, 0.25) is 0 Å². The van der Waals surface area contributed by atoms with Crippen LogP contribution < -0.4 is 10.6 Å². The van der Waals surface area contributed by atoms with Crippen LogP contribution in [0.25, 0.3) is 0 Å². The number of nitrogens with zero attached hydrogens (tertiary/aromatic N) is 2. The lowest BCUT2D eigenvalue weighted by Crippen LogP contribution is -2.38. The first-order valence-electron chi connectivity index (χ1n) is 10.4. The maximum Gasteiger partial charge on any atom is 0.161 e. The summed E-state index contributed by atoms with van der Waals surface area (Å²) >= 11 is 1.66. The van der Waals surface area contributed by atoms with E-state index in [1.165, 1.54) is 17.0 Å². The van der Waals surface area contributed by atoms with E-state index in [9.17, 15) is 14.4 Å². The molecule has 1 aromatic carbocycles. The zero-order chi connectivity index (χ0) is 21.3. The number of aryl methyl sites for hydroxylation is 1. The third kappa shape index (κ3) is 3.54. The number of benzene rings is 1. The maximum atomic E-state index is 13.5. The van der Waals surface area contributed by atoms with Gasteiger partial charge in [0.15, 0.2) is 5.78 Å². The number of thiophene rings is 1. The molecule has 1 unspecified atom stereocenters. The SMILES string of the molecule is CCCCc1ccc(C2C(C#N)=C(N)N(c3ccc(F)cc3)C3=C2C(=O)CCC3)s1. The van der Waals surface area contributed by atoms with Gasteiger partial charge in [-0.1, -0.05) is 13.3 Å². The van der Waals surface area contributed by atoms with Crippen LogP contribution in [0.1, 0.15) is 54.7 Å². The highest BCUT2D eigenvalue weighted by Crippen LogP contribution is 2.47. The quantitative estimate of drug-likeness (QED) is 0.689. The molecule has 2 aromatic rings. The molecular formula is C24H24FN3OS. The first-order chi connectivity index (χ1) is 14.5. The molecule has 4 rings (SSSR count). The molecule has 4 nitrogen and oxygen atoms in total. The van der Waals surface area contributed by atoms with E-state index in [4.69, 9.17) is 5.73 Å². The van der Waals surface area contributed by atoms with Crippen molar-refractivity contribution in [3.05, 3.63) is 74.6 Å². The van der Waals surface area contributed by atoms with Gasteiger partial charge in [0.25, 0.3) is 0 Å².